The molecule has 78 valence electrons. The summed E-state index contributed by atoms with van der Waals surface area (Å²) in [5, 5.41) is 1.06. The quantitative estimate of drug-likeness (QED) is 0.731. The lowest BCUT2D eigenvalue weighted by Gasteiger charge is -2.04. The van der Waals surface area contributed by atoms with Crippen molar-refractivity contribution in [2.24, 2.45) is 0 Å². The Labute approximate surface area is 91.6 Å². The van der Waals surface area contributed by atoms with Crippen LogP contribution in [-0.4, -0.2) is 12.1 Å². The number of aromatic nitrogens is 1. The molecule has 0 aliphatic carbocycles. The number of halogens is 2. The third kappa shape index (κ3) is 1.88. The van der Waals surface area contributed by atoms with Crippen LogP contribution in [0.3, 0.4) is 0 Å². The first-order chi connectivity index (χ1) is 7.24. The SMILES string of the molecule is COc1ccc2cc(CF)c(Cl)nc2c1. The Kier molecular flexibility index (Phi) is 2.73. The fraction of sp³-hybridized carbons (Fsp3) is 0.182. The summed E-state index contributed by atoms with van der Waals surface area (Å²) in [6.07, 6.45) is 0. The molecular weight excluding hydrogens is 217 g/mol. The Morgan fingerprint density at radius 2 is 2.20 bits per heavy atom. The normalized spacial score (nSPS) is 10.6. The minimum absolute atomic E-state index is 0.207. The van der Waals surface area contributed by atoms with Gasteiger partial charge < -0.3 is 4.74 Å². The molecule has 0 aliphatic heterocycles. The Hall–Kier alpha value is -1.35. The molecule has 0 unspecified atom stereocenters. The summed E-state index contributed by atoms with van der Waals surface area (Å²) in [7, 11) is 1.58. The zero-order chi connectivity index (χ0) is 10.8. The van der Waals surface area contributed by atoms with Crippen LogP contribution in [0.25, 0.3) is 10.9 Å². The molecule has 0 amide bonds. The number of nitrogens with zero attached hydrogens (tertiary/aromatic N) is 1. The fourth-order valence-corrected chi connectivity index (χ4v) is 1.58. The van der Waals surface area contributed by atoms with Gasteiger partial charge >= 0.3 is 0 Å². The van der Waals surface area contributed by atoms with Gasteiger partial charge in [-0.05, 0) is 18.2 Å². The second-order valence-corrected chi connectivity index (χ2v) is 3.49. The van der Waals surface area contributed by atoms with Crippen LogP contribution < -0.4 is 4.74 Å². The van der Waals surface area contributed by atoms with E-state index in [1.807, 2.05) is 6.07 Å². The number of alkyl halides is 1. The van der Waals surface area contributed by atoms with E-state index in [1.165, 1.54) is 0 Å². The first-order valence-electron chi connectivity index (χ1n) is 4.43. The molecule has 0 saturated heterocycles. The highest BCUT2D eigenvalue weighted by molar-refractivity contribution is 6.30. The summed E-state index contributed by atoms with van der Waals surface area (Å²) < 4.78 is 17.6. The summed E-state index contributed by atoms with van der Waals surface area (Å²) >= 11 is 5.81. The molecule has 2 aromatic rings. The van der Waals surface area contributed by atoms with Crippen molar-refractivity contribution in [3.63, 3.8) is 0 Å². The van der Waals surface area contributed by atoms with Crippen molar-refractivity contribution in [3.8, 4) is 5.75 Å². The Balaban J connectivity index is 2.65. The zero-order valence-electron chi connectivity index (χ0n) is 8.13. The first kappa shape index (κ1) is 10.2. The molecule has 0 spiro atoms. The van der Waals surface area contributed by atoms with Gasteiger partial charge in [-0.1, -0.05) is 11.6 Å². The van der Waals surface area contributed by atoms with E-state index < -0.39 is 6.67 Å². The number of fused-ring (bicyclic) bond motifs is 1. The predicted octanol–water partition coefficient (Wildman–Crippen LogP) is 3.37. The van der Waals surface area contributed by atoms with Gasteiger partial charge in [0.2, 0.25) is 0 Å². The molecule has 0 N–H and O–H groups in total. The van der Waals surface area contributed by atoms with Gasteiger partial charge in [-0.15, -0.1) is 0 Å². The van der Waals surface area contributed by atoms with Gasteiger partial charge in [-0.25, -0.2) is 9.37 Å². The fourth-order valence-electron chi connectivity index (χ4n) is 1.39. The van der Waals surface area contributed by atoms with Gasteiger partial charge in [0.05, 0.1) is 12.6 Å². The van der Waals surface area contributed by atoms with Gasteiger partial charge in [0.1, 0.15) is 17.6 Å². The summed E-state index contributed by atoms with van der Waals surface area (Å²) in [5.41, 5.74) is 1.12. The highest BCUT2D eigenvalue weighted by atomic mass is 35.5. The van der Waals surface area contributed by atoms with E-state index in [0.717, 1.165) is 5.39 Å². The van der Waals surface area contributed by atoms with E-state index in [2.05, 4.69) is 4.98 Å². The van der Waals surface area contributed by atoms with E-state index in [9.17, 15) is 4.39 Å². The van der Waals surface area contributed by atoms with E-state index >= 15 is 0 Å². The van der Waals surface area contributed by atoms with Crippen molar-refractivity contribution in [2.45, 2.75) is 6.67 Å². The van der Waals surface area contributed by atoms with Crippen LogP contribution in [0.2, 0.25) is 5.15 Å². The van der Waals surface area contributed by atoms with Crippen LogP contribution in [0.15, 0.2) is 24.3 Å². The molecule has 1 aromatic carbocycles. The summed E-state index contributed by atoms with van der Waals surface area (Å²) in [4.78, 5) is 4.10. The average molecular weight is 226 g/mol. The van der Waals surface area contributed by atoms with Gasteiger partial charge in [-0.2, -0.15) is 0 Å². The van der Waals surface area contributed by atoms with Crippen molar-refractivity contribution in [2.75, 3.05) is 7.11 Å². The highest BCUT2D eigenvalue weighted by Gasteiger charge is 2.05. The summed E-state index contributed by atoms with van der Waals surface area (Å²) in [5.74, 6) is 0.707. The van der Waals surface area contributed by atoms with Crippen LogP contribution in [0.1, 0.15) is 5.56 Å². The molecule has 15 heavy (non-hydrogen) atoms. The molecule has 0 fully saturated rings. The van der Waals surface area contributed by atoms with Crippen LogP contribution in [0.5, 0.6) is 5.75 Å². The van der Waals surface area contributed by atoms with Crippen LogP contribution >= 0.6 is 11.6 Å². The highest BCUT2D eigenvalue weighted by Crippen LogP contribution is 2.24. The van der Waals surface area contributed by atoms with Gasteiger partial charge in [0, 0.05) is 17.0 Å². The Morgan fingerprint density at radius 3 is 2.87 bits per heavy atom. The van der Waals surface area contributed by atoms with Crippen LogP contribution in [0.4, 0.5) is 4.39 Å². The van der Waals surface area contributed by atoms with E-state index in [-0.39, 0.29) is 5.15 Å². The zero-order valence-corrected chi connectivity index (χ0v) is 8.88. The maximum atomic E-state index is 12.5. The van der Waals surface area contributed by atoms with E-state index in [0.29, 0.717) is 16.8 Å². The number of hydrogen-bond donors (Lipinski definition) is 0. The van der Waals surface area contributed by atoms with Gasteiger partial charge in [0.25, 0.3) is 0 Å². The lowest BCUT2D eigenvalue weighted by atomic mass is 10.1. The number of ether oxygens (including phenoxy) is 1. The molecule has 0 radical (unpaired) electrons. The topological polar surface area (TPSA) is 22.1 Å². The number of methoxy groups -OCH3 is 1. The molecule has 1 heterocycles. The third-order valence-electron chi connectivity index (χ3n) is 2.19. The molecule has 2 nitrogen and oxygen atoms in total. The Bertz CT molecular complexity index is 501. The second-order valence-electron chi connectivity index (χ2n) is 3.13. The standard InChI is InChI=1S/C11H9ClFNO/c1-15-9-3-2-7-4-8(6-13)11(12)14-10(7)5-9/h2-5H,6H2,1H3. The Morgan fingerprint density at radius 1 is 1.40 bits per heavy atom. The minimum atomic E-state index is -0.603. The van der Waals surface area contributed by atoms with Gasteiger partial charge in [-0.3, -0.25) is 0 Å². The van der Waals surface area contributed by atoms with E-state index in [4.69, 9.17) is 16.3 Å². The smallest absolute Gasteiger partial charge is 0.135 e. The van der Waals surface area contributed by atoms with Crippen molar-refractivity contribution in [3.05, 3.63) is 35.0 Å². The van der Waals surface area contributed by atoms with Crippen molar-refractivity contribution in [1.29, 1.82) is 0 Å². The van der Waals surface area contributed by atoms with Gasteiger partial charge in [0.15, 0.2) is 0 Å². The maximum Gasteiger partial charge on any atom is 0.135 e. The largest absolute Gasteiger partial charge is 0.497 e. The molecule has 4 heteroatoms. The van der Waals surface area contributed by atoms with Crippen LogP contribution in [-0.2, 0) is 6.67 Å². The molecule has 2 rings (SSSR count). The number of pyridine rings is 1. The number of hydrogen-bond acceptors (Lipinski definition) is 2. The molecule has 0 bridgehead atoms. The summed E-state index contributed by atoms with van der Waals surface area (Å²) in [6, 6.07) is 7.10. The molecule has 0 saturated carbocycles. The maximum absolute atomic E-state index is 12.5. The number of benzene rings is 1. The molecular formula is C11H9ClFNO. The molecule has 0 aliphatic rings. The second kappa shape index (κ2) is 4.03. The molecule has 1 aromatic heterocycles. The van der Waals surface area contributed by atoms with Crippen LogP contribution in [0, 0.1) is 0 Å². The lowest BCUT2D eigenvalue weighted by molar-refractivity contribution is 0.415. The minimum Gasteiger partial charge on any atom is -0.497 e. The number of rotatable bonds is 2. The van der Waals surface area contributed by atoms with Crippen molar-refractivity contribution >= 4 is 22.5 Å². The van der Waals surface area contributed by atoms with E-state index in [1.54, 1.807) is 25.3 Å². The first-order valence-corrected chi connectivity index (χ1v) is 4.81. The predicted molar refractivity (Wildman–Crippen MR) is 58.1 cm³/mol. The molecule has 0 atom stereocenters. The third-order valence-corrected chi connectivity index (χ3v) is 2.52. The summed E-state index contributed by atoms with van der Waals surface area (Å²) in [6.45, 7) is -0.603. The van der Waals surface area contributed by atoms with Crippen molar-refractivity contribution in [1.82, 2.24) is 4.98 Å². The average Bonchev–Trinajstić information content (AvgIpc) is 2.27. The van der Waals surface area contributed by atoms with Crippen molar-refractivity contribution < 1.29 is 9.13 Å². The monoisotopic (exact) mass is 225 g/mol. The lowest BCUT2D eigenvalue weighted by Crippen LogP contribution is -1.89.